The van der Waals surface area contributed by atoms with Crippen LogP contribution in [-0.2, 0) is 0 Å². The lowest BCUT2D eigenvalue weighted by Gasteiger charge is -2.03. The van der Waals surface area contributed by atoms with Gasteiger partial charge in [-0.25, -0.2) is 4.98 Å². The van der Waals surface area contributed by atoms with Crippen LogP contribution in [0.5, 0.6) is 5.75 Å². The Morgan fingerprint density at radius 1 is 1.70 bits per heavy atom. The molecule has 0 aliphatic rings. The molecule has 1 heterocycles. The molecule has 0 saturated heterocycles. The average molecular weight is 134 g/mol. The third kappa shape index (κ3) is 1.21. The number of pyridine rings is 1. The molecule has 2 radical (unpaired) electrons. The van der Waals surface area contributed by atoms with Crippen molar-refractivity contribution in [1.29, 1.82) is 0 Å². The highest BCUT2D eigenvalue weighted by Crippen LogP contribution is 2.06. The molecule has 0 aromatic carbocycles. The maximum atomic E-state index is 5.46. The lowest BCUT2D eigenvalue weighted by molar-refractivity contribution is 0.418. The normalized spacial score (nSPS) is 9.30. The number of anilines is 1. The quantitative estimate of drug-likeness (QED) is 0.525. The average Bonchev–Trinajstić information content (AvgIpc) is 1.94. The first kappa shape index (κ1) is 6.93. The van der Waals surface area contributed by atoms with E-state index in [2.05, 4.69) is 4.98 Å². The van der Waals surface area contributed by atoms with E-state index in [0.29, 0.717) is 17.0 Å². The number of aromatic nitrogens is 1. The standard InChI is InChI=1S/C6H7BN2O/c1-10-5-2-6(8)9-3-4(5)7/h2-3H,1H3,(H2,8,9). The number of hydrogen-bond donors (Lipinski definition) is 1. The number of nitrogens with two attached hydrogens (primary N) is 1. The fourth-order valence-corrected chi connectivity index (χ4v) is 0.639. The van der Waals surface area contributed by atoms with E-state index < -0.39 is 0 Å². The van der Waals surface area contributed by atoms with E-state index in [1.807, 2.05) is 0 Å². The van der Waals surface area contributed by atoms with Crippen molar-refractivity contribution in [3.05, 3.63) is 12.3 Å². The van der Waals surface area contributed by atoms with Crippen molar-refractivity contribution in [1.82, 2.24) is 4.98 Å². The minimum Gasteiger partial charge on any atom is -0.497 e. The highest BCUT2D eigenvalue weighted by molar-refractivity contribution is 6.34. The van der Waals surface area contributed by atoms with Crippen molar-refractivity contribution in [3.63, 3.8) is 0 Å². The smallest absolute Gasteiger partial charge is 0.126 e. The Labute approximate surface area is 60.6 Å². The Morgan fingerprint density at radius 2 is 2.40 bits per heavy atom. The van der Waals surface area contributed by atoms with E-state index in [1.54, 1.807) is 6.07 Å². The molecule has 1 aromatic heterocycles. The molecule has 0 fully saturated rings. The third-order valence-corrected chi connectivity index (χ3v) is 1.14. The van der Waals surface area contributed by atoms with Gasteiger partial charge in [-0.2, -0.15) is 0 Å². The Hall–Kier alpha value is -1.19. The Kier molecular flexibility index (Phi) is 1.80. The molecule has 0 amide bonds. The van der Waals surface area contributed by atoms with E-state index in [4.69, 9.17) is 18.3 Å². The topological polar surface area (TPSA) is 48.1 Å². The van der Waals surface area contributed by atoms with Crippen molar-refractivity contribution >= 4 is 19.1 Å². The van der Waals surface area contributed by atoms with Crippen LogP contribution < -0.4 is 15.9 Å². The maximum absolute atomic E-state index is 5.46. The maximum Gasteiger partial charge on any atom is 0.126 e. The van der Waals surface area contributed by atoms with Crippen LogP contribution in [0.15, 0.2) is 12.3 Å². The van der Waals surface area contributed by atoms with Crippen molar-refractivity contribution in [3.8, 4) is 5.75 Å². The largest absolute Gasteiger partial charge is 0.497 e. The summed E-state index contributed by atoms with van der Waals surface area (Å²) in [5, 5.41) is 0. The van der Waals surface area contributed by atoms with Gasteiger partial charge in [-0.3, -0.25) is 0 Å². The molecule has 0 aliphatic heterocycles. The second-order valence-electron chi connectivity index (χ2n) is 1.85. The Morgan fingerprint density at radius 3 is 2.90 bits per heavy atom. The van der Waals surface area contributed by atoms with Crippen LogP contribution in [0.3, 0.4) is 0 Å². The molecule has 0 atom stereocenters. The molecule has 4 heteroatoms. The Bertz CT molecular complexity index is 239. The van der Waals surface area contributed by atoms with Crippen molar-refractivity contribution < 1.29 is 4.74 Å². The summed E-state index contributed by atoms with van der Waals surface area (Å²) in [5.41, 5.74) is 5.85. The van der Waals surface area contributed by atoms with E-state index in [9.17, 15) is 0 Å². The second-order valence-corrected chi connectivity index (χ2v) is 1.85. The summed E-state index contributed by atoms with van der Waals surface area (Å²) >= 11 is 0. The van der Waals surface area contributed by atoms with Crippen LogP contribution in [0, 0.1) is 0 Å². The zero-order chi connectivity index (χ0) is 7.56. The van der Waals surface area contributed by atoms with Crippen molar-refractivity contribution in [2.24, 2.45) is 0 Å². The van der Waals surface area contributed by atoms with Crippen LogP contribution in [0.4, 0.5) is 5.82 Å². The van der Waals surface area contributed by atoms with Gasteiger partial charge in [-0.1, -0.05) is 0 Å². The lowest BCUT2D eigenvalue weighted by Crippen LogP contribution is -2.09. The molecule has 0 bridgehead atoms. The fraction of sp³-hybridized carbons (Fsp3) is 0.167. The fourth-order valence-electron chi connectivity index (χ4n) is 0.639. The van der Waals surface area contributed by atoms with Crippen LogP contribution in [0.25, 0.3) is 0 Å². The number of hydrogen-bond acceptors (Lipinski definition) is 3. The van der Waals surface area contributed by atoms with Gasteiger partial charge in [-0.15, -0.1) is 0 Å². The summed E-state index contributed by atoms with van der Waals surface area (Å²) in [6, 6.07) is 1.58. The van der Waals surface area contributed by atoms with E-state index in [-0.39, 0.29) is 0 Å². The van der Waals surface area contributed by atoms with E-state index >= 15 is 0 Å². The molecule has 3 nitrogen and oxygen atoms in total. The van der Waals surface area contributed by atoms with Gasteiger partial charge < -0.3 is 10.5 Å². The first-order valence-electron chi connectivity index (χ1n) is 2.79. The molecule has 0 aliphatic carbocycles. The lowest BCUT2D eigenvalue weighted by atomic mass is 9.98. The first-order valence-corrected chi connectivity index (χ1v) is 2.79. The SMILES string of the molecule is [B]c1cnc(N)cc1OC. The van der Waals surface area contributed by atoms with E-state index in [1.165, 1.54) is 13.3 Å². The second kappa shape index (κ2) is 2.60. The summed E-state index contributed by atoms with van der Waals surface area (Å²) in [6.45, 7) is 0. The van der Waals surface area contributed by atoms with Crippen molar-refractivity contribution in [2.45, 2.75) is 0 Å². The van der Waals surface area contributed by atoms with Crippen molar-refractivity contribution in [2.75, 3.05) is 12.8 Å². The monoisotopic (exact) mass is 134 g/mol. The molecule has 0 saturated carbocycles. The number of rotatable bonds is 1. The van der Waals surface area contributed by atoms with E-state index in [0.717, 1.165) is 0 Å². The molecule has 1 rings (SSSR count). The predicted octanol–water partition coefficient (Wildman–Crippen LogP) is -0.534. The molecular weight excluding hydrogens is 127 g/mol. The van der Waals surface area contributed by atoms with Gasteiger partial charge in [-0.05, 0) is 5.46 Å². The minimum atomic E-state index is 0.408. The number of methoxy groups -OCH3 is 1. The molecular formula is C6H7BN2O. The van der Waals surface area contributed by atoms with Crippen LogP contribution >= 0.6 is 0 Å². The van der Waals surface area contributed by atoms with Gasteiger partial charge in [0.15, 0.2) is 0 Å². The van der Waals surface area contributed by atoms with Gasteiger partial charge >= 0.3 is 0 Å². The summed E-state index contributed by atoms with van der Waals surface area (Å²) in [5.74, 6) is 0.971. The molecule has 0 unspecified atom stereocenters. The number of nitrogens with zero attached hydrogens (tertiary/aromatic N) is 1. The van der Waals surface area contributed by atoms with Gasteiger partial charge in [0, 0.05) is 12.3 Å². The molecule has 10 heavy (non-hydrogen) atoms. The highest BCUT2D eigenvalue weighted by atomic mass is 16.5. The van der Waals surface area contributed by atoms with Gasteiger partial charge in [0.05, 0.1) is 7.11 Å². The minimum absolute atomic E-state index is 0.408. The molecule has 50 valence electrons. The number of nitrogen functional groups attached to an aromatic ring is 1. The van der Waals surface area contributed by atoms with Gasteiger partial charge in [0.2, 0.25) is 0 Å². The molecule has 0 spiro atoms. The van der Waals surface area contributed by atoms with Crippen LogP contribution in [0.2, 0.25) is 0 Å². The molecule has 2 N–H and O–H groups in total. The molecule has 1 aromatic rings. The van der Waals surface area contributed by atoms with Gasteiger partial charge in [0.1, 0.15) is 19.4 Å². The van der Waals surface area contributed by atoms with Crippen LogP contribution in [0.1, 0.15) is 0 Å². The third-order valence-electron chi connectivity index (χ3n) is 1.14. The summed E-state index contributed by atoms with van der Waals surface area (Å²) in [4.78, 5) is 3.76. The summed E-state index contributed by atoms with van der Waals surface area (Å²) in [6.07, 6.45) is 1.47. The van der Waals surface area contributed by atoms with Crippen LogP contribution in [-0.4, -0.2) is 19.9 Å². The first-order chi connectivity index (χ1) is 4.74. The summed E-state index contributed by atoms with van der Waals surface area (Å²) in [7, 11) is 6.99. The zero-order valence-electron chi connectivity index (χ0n) is 5.66. The zero-order valence-corrected chi connectivity index (χ0v) is 5.66. The summed E-state index contributed by atoms with van der Waals surface area (Å²) < 4.78 is 4.88. The predicted molar refractivity (Wildman–Crippen MR) is 40.6 cm³/mol. The highest BCUT2D eigenvalue weighted by Gasteiger charge is 1.96. The number of ether oxygens (including phenoxy) is 1. The van der Waals surface area contributed by atoms with Gasteiger partial charge in [0.25, 0.3) is 0 Å². The Balaban J connectivity index is 3.09.